The van der Waals surface area contributed by atoms with Crippen molar-refractivity contribution in [3.8, 4) is 11.3 Å². The average Bonchev–Trinajstić information content (AvgIpc) is 3.00. The highest BCUT2D eigenvalue weighted by Crippen LogP contribution is 2.31. The molecule has 1 aromatic heterocycles. The Kier molecular flexibility index (Phi) is 4.29. The quantitative estimate of drug-likeness (QED) is 0.502. The highest BCUT2D eigenvalue weighted by Gasteiger charge is 2.28. The van der Waals surface area contributed by atoms with E-state index >= 15 is 0 Å². The van der Waals surface area contributed by atoms with Crippen molar-refractivity contribution in [1.29, 1.82) is 0 Å². The summed E-state index contributed by atoms with van der Waals surface area (Å²) in [5.74, 6) is -0.364. The summed E-state index contributed by atoms with van der Waals surface area (Å²) in [6.07, 6.45) is 2.80. The molecule has 0 unspecified atom stereocenters. The molecule has 3 rings (SSSR count). The third-order valence-corrected chi connectivity index (χ3v) is 3.86. The Labute approximate surface area is 138 Å². The third-order valence-electron chi connectivity index (χ3n) is 3.86. The minimum atomic E-state index is -1.02. The summed E-state index contributed by atoms with van der Waals surface area (Å²) in [6.45, 7) is 3.80. The fourth-order valence-electron chi connectivity index (χ4n) is 2.52. The second-order valence-corrected chi connectivity index (χ2v) is 5.64. The molecule has 1 heterocycles. The van der Waals surface area contributed by atoms with Gasteiger partial charge in [-0.15, -0.1) is 0 Å². The van der Waals surface area contributed by atoms with E-state index in [9.17, 15) is 14.7 Å². The maximum absolute atomic E-state index is 11.7. The fraction of sp³-hybridized carbons (Fsp3) is 0.167. The summed E-state index contributed by atoms with van der Waals surface area (Å²) in [7, 11) is 0. The molecule has 0 radical (unpaired) electrons. The molecule has 1 fully saturated rings. The molecule has 0 saturated heterocycles. The van der Waals surface area contributed by atoms with Crippen molar-refractivity contribution in [2.75, 3.05) is 0 Å². The van der Waals surface area contributed by atoms with E-state index in [1.807, 2.05) is 0 Å². The summed E-state index contributed by atoms with van der Waals surface area (Å²) < 4.78 is 5.58. The lowest BCUT2D eigenvalue weighted by molar-refractivity contribution is -0.126. The number of carboxylic acids is 1. The van der Waals surface area contributed by atoms with E-state index in [0.29, 0.717) is 29.9 Å². The fourth-order valence-corrected chi connectivity index (χ4v) is 2.52. The van der Waals surface area contributed by atoms with Gasteiger partial charge in [0.25, 0.3) is 0 Å². The van der Waals surface area contributed by atoms with Crippen LogP contribution in [0.5, 0.6) is 0 Å². The molecule has 6 nitrogen and oxygen atoms in total. The van der Waals surface area contributed by atoms with Gasteiger partial charge in [-0.3, -0.25) is 4.79 Å². The Morgan fingerprint density at radius 3 is 2.71 bits per heavy atom. The van der Waals surface area contributed by atoms with Gasteiger partial charge in [0.15, 0.2) is 0 Å². The lowest BCUT2D eigenvalue weighted by Crippen LogP contribution is -2.32. The van der Waals surface area contributed by atoms with Gasteiger partial charge in [-0.25, -0.2) is 10.2 Å². The van der Waals surface area contributed by atoms with Crippen molar-refractivity contribution in [3.05, 3.63) is 59.9 Å². The highest BCUT2D eigenvalue weighted by molar-refractivity contribution is 5.95. The highest BCUT2D eigenvalue weighted by atomic mass is 16.4. The Morgan fingerprint density at radius 1 is 1.25 bits per heavy atom. The van der Waals surface area contributed by atoms with E-state index in [-0.39, 0.29) is 17.4 Å². The number of nitrogens with zero attached hydrogens (tertiary/aromatic N) is 1. The number of carboxylic acid groups (broad SMARTS) is 1. The van der Waals surface area contributed by atoms with Gasteiger partial charge in [0.2, 0.25) is 5.91 Å². The molecule has 6 heteroatoms. The molecule has 1 aliphatic carbocycles. The summed E-state index contributed by atoms with van der Waals surface area (Å²) in [5.41, 5.74) is 4.19. The second kappa shape index (κ2) is 6.54. The zero-order valence-corrected chi connectivity index (χ0v) is 12.9. The van der Waals surface area contributed by atoms with E-state index in [1.54, 1.807) is 30.3 Å². The van der Waals surface area contributed by atoms with E-state index in [4.69, 9.17) is 4.42 Å². The summed E-state index contributed by atoms with van der Waals surface area (Å²) in [4.78, 5) is 23.0. The van der Waals surface area contributed by atoms with Crippen molar-refractivity contribution in [2.45, 2.75) is 12.8 Å². The van der Waals surface area contributed by atoms with Crippen molar-refractivity contribution in [2.24, 2.45) is 11.0 Å². The molecule has 1 saturated carbocycles. The summed E-state index contributed by atoms with van der Waals surface area (Å²) in [6, 6.07) is 9.92. The van der Waals surface area contributed by atoms with E-state index in [0.717, 1.165) is 5.57 Å². The van der Waals surface area contributed by atoms with Crippen LogP contribution in [0.15, 0.2) is 58.1 Å². The number of carbonyl (C=O) groups excluding carboxylic acids is 1. The van der Waals surface area contributed by atoms with Gasteiger partial charge >= 0.3 is 5.97 Å². The molecule has 0 aliphatic heterocycles. The van der Waals surface area contributed by atoms with Crippen LogP contribution in [-0.2, 0) is 4.79 Å². The number of rotatable bonds is 5. The number of benzene rings is 1. The summed E-state index contributed by atoms with van der Waals surface area (Å²) in [5, 5.41) is 13.1. The number of hydrazone groups is 1. The minimum Gasteiger partial charge on any atom is -0.478 e. The van der Waals surface area contributed by atoms with E-state index in [2.05, 4.69) is 17.1 Å². The first-order valence-corrected chi connectivity index (χ1v) is 7.46. The number of nitrogens with one attached hydrogen (secondary N) is 1. The van der Waals surface area contributed by atoms with Crippen LogP contribution in [0.3, 0.4) is 0 Å². The SMILES string of the molecule is C=C1CC(C(=O)N/N=C\c2ccc(-c3ccccc3C(=O)O)o2)C1. The average molecular weight is 324 g/mol. The number of furan rings is 1. The van der Waals surface area contributed by atoms with Gasteiger partial charge < -0.3 is 9.52 Å². The van der Waals surface area contributed by atoms with Crippen LogP contribution in [0.4, 0.5) is 0 Å². The molecule has 1 aromatic carbocycles. The molecule has 2 aromatic rings. The van der Waals surface area contributed by atoms with Crippen LogP contribution >= 0.6 is 0 Å². The predicted molar refractivity (Wildman–Crippen MR) is 88.7 cm³/mol. The van der Waals surface area contributed by atoms with Gasteiger partial charge in [0.05, 0.1) is 11.8 Å². The number of hydrogen-bond acceptors (Lipinski definition) is 4. The van der Waals surface area contributed by atoms with Crippen LogP contribution in [0, 0.1) is 5.92 Å². The van der Waals surface area contributed by atoms with Crippen LogP contribution in [0.2, 0.25) is 0 Å². The van der Waals surface area contributed by atoms with Gasteiger partial charge in [0.1, 0.15) is 11.5 Å². The number of hydrogen-bond donors (Lipinski definition) is 2. The number of allylic oxidation sites excluding steroid dienone is 1. The van der Waals surface area contributed by atoms with E-state index in [1.165, 1.54) is 12.3 Å². The first-order valence-electron chi connectivity index (χ1n) is 7.46. The van der Waals surface area contributed by atoms with Gasteiger partial charge in [-0.05, 0) is 31.0 Å². The number of amides is 1. The zero-order valence-electron chi connectivity index (χ0n) is 12.9. The maximum Gasteiger partial charge on any atom is 0.336 e. The molecule has 24 heavy (non-hydrogen) atoms. The Hall–Kier alpha value is -3.15. The topological polar surface area (TPSA) is 91.9 Å². The lowest BCUT2D eigenvalue weighted by Gasteiger charge is -2.25. The van der Waals surface area contributed by atoms with E-state index < -0.39 is 5.97 Å². The molecule has 1 amide bonds. The molecule has 122 valence electrons. The van der Waals surface area contributed by atoms with Gasteiger partial charge in [0, 0.05) is 11.5 Å². The monoisotopic (exact) mass is 324 g/mol. The number of carbonyl (C=O) groups is 2. The summed E-state index contributed by atoms with van der Waals surface area (Å²) >= 11 is 0. The Balaban J connectivity index is 1.68. The van der Waals surface area contributed by atoms with Gasteiger partial charge in [-0.1, -0.05) is 30.4 Å². The predicted octanol–water partition coefficient (Wildman–Crippen LogP) is 3.06. The van der Waals surface area contributed by atoms with Crippen LogP contribution in [0.1, 0.15) is 29.0 Å². The third kappa shape index (κ3) is 3.27. The van der Waals surface area contributed by atoms with Crippen molar-refractivity contribution < 1.29 is 19.1 Å². The normalized spacial score (nSPS) is 14.6. The van der Waals surface area contributed by atoms with Crippen LogP contribution < -0.4 is 5.43 Å². The van der Waals surface area contributed by atoms with Crippen LogP contribution in [0.25, 0.3) is 11.3 Å². The van der Waals surface area contributed by atoms with Crippen molar-refractivity contribution >= 4 is 18.1 Å². The molecule has 0 spiro atoms. The largest absolute Gasteiger partial charge is 0.478 e. The van der Waals surface area contributed by atoms with Crippen molar-refractivity contribution in [1.82, 2.24) is 5.43 Å². The maximum atomic E-state index is 11.7. The van der Waals surface area contributed by atoms with Crippen LogP contribution in [-0.4, -0.2) is 23.2 Å². The first kappa shape index (κ1) is 15.7. The molecule has 2 N–H and O–H groups in total. The molecule has 0 bridgehead atoms. The minimum absolute atomic E-state index is 0.0516. The Morgan fingerprint density at radius 2 is 2.00 bits per heavy atom. The molecular weight excluding hydrogens is 308 g/mol. The number of aromatic carboxylic acids is 1. The second-order valence-electron chi connectivity index (χ2n) is 5.64. The molecule has 1 aliphatic rings. The van der Waals surface area contributed by atoms with Crippen molar-refractivity contribution in [3.63, 3.8) is 0 Å². The smallest absolute Gasteiger partial charge is 0.336 e. The standard InChI is InChI=1S/C18H16N2O4/c1-11-8-12(9-11)17(21)20-19-10-13-6-7-16(24-13)14-4-2-3-5-15(14)18(22)23/h2-7,10,12H,1,8-9H2,(H,20,21)(H,22,23)/b19-10-. The van der Waals surface area contributed by atoms with Gasteiger partial charge in [-0.2, -0.15) is 5.10 Å². The first-order chi connectivity index (χ1) is 11.5. The Bertz CT molecular complexity index is 827. The lowest BCUT2D eigenvalue weighted by atomic mass is 9.81. The zero-order chi connectivity index (χ0) is 17.1. The molecule has 0 atom stereocenters. The molecular formula is C18H16N2O4.